The van der Waals surface area contributed by atoms with E-state index in [1.165, 1.54) is 16.8 Å². The van der Waals surface area contributed by atoms with Gasteiger partial charge in [0.1, 0.15) is 0 Å². The fourth-order valence-corrected chi connectivity index (χ4v) is 2.23. The quantitative estimate of drug-likeness (QED) is 0.820. The molecule has 1 atom stereocenters. The Labute approximate surface area is 97.2 Å². The molecule has 1 aromatic carbocycles. The van der Waals surface area contributed by atoms with E-state index in [1.54, 1.807) is 0 Å². The Kier molecular flexibility index (Phi) is 3.46. The first-order chi connectivity index (χ1) is 7.69. The van der Waals surface area contributed by atoms with Crippen LogP contribution in [0.1, 0.15) is 11.1 Å². The molecule has 1 aromatic rings. The molecule has 3 heteroatoms. The van der Waals surface area contributed by atoms with Gasteiger partial charge in [-0.3, -0.25) is 0 Å². The number of aryl methyl sites for hydroxylation is 2. The predicted octanol–water partition coefficient (Wildman–Crippen LogP) is 1.47. The summed E-state index contributed by atoms with van der Waals surface area (Å²) in [6.07, 6.45) is 0.176. The van der Waals surface area contributed by atoms with Crippen LogP contribution in [0.4, 0.5) is 5.69 Å². The third kappa shape index (κ3) is 2.54. The minimum absolute atomic E-state index is 0.176. The second-order valence-corrected chi connectivity index (χ2v) is 4.52. The average Bonchev–Trinajstić information content (AvgIpc) is 2.28. The molecular formula is C13H20N2O. The molecule has 1 aliphatic rings. The molecule has 1 heterocycles. The van der Waals surface area contributed by atoms with Crippen molar-refractivity contribution in [2.45, 2.75) is 20.0 Å². The molecule has 0 saturated carbocycles. The number of nitrogens with zero attached hydrogens (tertiary/aromatic N) is 1. The molecule has 0 amide bonds. The summed E-state index contributed by atoms with van der Waals surface area (Å²) in [5.41, 5.74) is 9.56. The van der Waals surface area contributed by atoms with Gasteiger partial charge in [-0.15, -0.1) is 0 Å². The molecule has 0 aromatic heterocycles. The Hall–Kier alpha value is -1.06. The SMILES string of the molecule is Cc1cc(C)cc(N2CCOC(CN)C2)c1. The first-order valence-electron chi connectivity index (χ1n) is 5.84. The molecule has 0 aliphatic carbocycles. The topological polar surface area (TPSA) is 38.5 Å². The summed E-state index contributed by atoms with van der Waals surface area (Å²) < 4.78 is 5.57. The van der Waals surface area contributed by atoms with Gasteiger partial charge in [0.25, 0.3) is 0 Å². The van der Waals surface area contributed by atoms with Crippen molar-refractivity contribution in [1.29, 1.82) is 0 Å². The molecule has 88 valence electrons. The van der Waals surface area contributed by atoms with E-state index in [0.717, 1.165) is 19.7 Å². The number of rotatable bonds is 2. The summed E-state index contributed by atoms with van der Waals surface area (Å²) in [5, 5.41) is 0. The van der Waals surface area contributed by atoms with E-state index in [0.29, 0.717) is 6.54 Å². The van der Waals surface area contributed by atoms with E-state index in [4.69, 9.17) is 10.5 Å². The normalized spacial score (nSPS) is 21.2. The molecule has 1 unspecified atom stereocenters. The van der Waals surface area contributed by atoms with Crippen LogP contribution in [0, 0.1) is 13.8 Å². The van der Waals surface area contributed by atoms with E-state index < -0.39 is 0 Å². The first-order valence-corrected chi connectivity index (χ1v) is 5.84. The van der Waals surface area contributed by atoms with Crippen molar-refractivity contribution in [1.82, 2.24) is 0 Å². The van der Waals surface area contributed by atoms with Crippen molar-refractivity contribution in [3.05, 3.63) is 29.3 Å². The number of hydrogen-bond donors (Lipinski definition) is 1. The molecule has 0 bridgehead atoms. The van der Waals surface area contributed by atoms with Gasteiger partial charge in [0.2, 0.25) is 0 Å². The highest BCUT2D eigenvalue weighted by atomic mass is 16.5. The van der Waals surface area contributed by atoms with Gasteiger partial charge in [-0.1, -0.05) is 6.07 Å². The van der Waals surface area contributed by atoms with Gasteiger partial charge in [-0.05, 0) is 37.1 Å². The minimum atomic E-state index is 0.176. The van der Waals surface area contributed by atoms with Gasteiger partial charge in [-0.25, -0.2) is 0 Å². The van der Waals surface area contributed by atoms with Crippen LogP contribution < -0.4 is 10.6 Å². The summed E-state index contributed by atoms with van der Waals surface area (Å²) >= 11 is 0. The number of ether oxygens (including phenoxy) is 1. The van der Waals surface area contributed by atoms with Gasteiger partial charge in [0.05, 0.1) is 12.7 Å². The Morgan fingerprint density at radius 1 is 1.31 bits per heavy atom. The summed E-state index contributed by atoms with van der Waals surface area (Å²) in [6.45, 7) is 7.50. The van der Waals surface area contributed by atoms with Crippen LogP contribution in [-0.2, 0) is 4.74 Å². The van der Waals surface area contributed by atoms with Crippen molar-refractivity contribution in [2.24, 2.45) is 5.73 Å². The molecule has 16 heavy (non-hydrogen) atoms. The molecule has 1 aliphatic heterocycles. The summed E-state index contributed by atoms with van der Waals surface area (Å²) in [7, 11) is 0. The maximum Gasteiger partial charge on any atom is 0.0872 e. The Morgan fingerprint density at radius 3 is 2.62 bits per heavy atom. The predicted molar refractivity (Wildman–Crippen MR) is 66.9 cm³/mol. The fourth-order valence-electron chi connectivity index (χ4n) is 2.23. The maximum absolute atomic E-state index is 5.65. The zero-order chi connectivity index (χ0) is 11.5. The van der Waals surface area contributed by atoms with Crippen molar-refractivity contribution >= 4 is 5.69 Å². The fraction of sp³-hybridized carbons (Fsp3) is 0.538. The summed E-state index contributed by atoms with van der Waals surface area (Å²) in [5.74, 6) is 0. The van der Waals surface area contributed by atoms with Crippen LogP contribution in [0.5, 0.6) is 0 Å². The van der Waals surface area contributed by atoms with Crippen molar-refractivity contribution < 1.29 is 4.74 Å². The third-order valence-electron chi connectivity index (χ3n) is 2.97. The van der Waals surface area contributed by atoms with E-state index in [2.05, 4.69) is 36.9 Å². The van der Waals surface area contributed by atoms with Crippen molar-refractivity contribution in [2.75, 3.05) is 31.1 Å². The van der Waals surface area contributed by atoms with Gasteiger partial charge in [0, 0.05) is 25.3 Å². The number of morpholine rings is 1. The zero-order valence-electron chi connectivity index (χ0n) is 10.1. The lowest BCUT2D eigenvalue weighted by molar-refractivity contribution is 0.0465. The van der Waals surface area contributed by atoms with Gasteiger partial charge in [0.15, 0.2) is 0 Å². The number of hydrogen-bond acceptors (Lipinski definition) is 3. The Bertz CT molecular complexity index is 345. The van der Waals surface area contributed by atoms with E-state index >= 15 is 0 Å². The average molecular weight is 220 g/mol. The van der Waals surface area contributed by atoms with Crippen LogP contribution >= 0.6 is 0 Å². The molecule has 2 rings (SSSR count). The van der Waals surface area contributed by atoms with Crippen LogP contribution in [0.25, 0.3) is 0 Å². The second-order valence-electron chi connectivity index (χ2n) is 4.52. The van der Waals surface area contributed by atoms with Crippen molar-refractivity contribution in [3.8, 4) is 0 Å². The lowest BCUT2D eigenvalue weighted by Gasteiger charge is -2.34. The lowest BCUT2D eigenvalue weighted by atomic mass is 10.1. The highest BCUT2D eigenvalue weighted by Crippen LogP contribution is 2.20. The largest absolute Gasteiger partial charge is 0.373 e. The van der Waals surface area contributed by atoms with Crippen LogP contribution in [0.3, 0.4) is 0 Å². The molecule has 2 N–H and O–H groups in total. The maximum atomic E-state index is 5.65. The second kappa shape index (κ2) is 4.85. The summed E-state index contributed by atoms with van der Waals surface area (Å²) in [4.78, 5) is 2.36. The van der Waals surface area contributed by atoms with E-state index in [-0.39, 0.29) is 6.10 Å². The Balaban J connectivity index is 2.16. The van der Waals surface area contributed by atoms with Gasteiger partial charge in [-0.2, -0.15) is 0 Å². The smallest absolute Gasteiger partial charge is 0.0872 e. The van der Waals surface area contributed by atoms with Crippen LogP contribution in [-0.4, -0.2) is 32.3 Å². The summed E-state index contributed by atoms with van der Waals surface area (Å²) in [6, 6.07) is 6.65. The third-order valence-corrected chi connectivity index (χ3v) is 2.97. The zero-order valence-corrected chi connectivity index (χ0v) is 10.1. The first kappa shape index (κ1) is 11.4. The highest BCUT2D eigenvalue weighted by molar-refractivity contribution is 5.51. The lowest BCUT2D eigenvalue weighted by Crippen LogP contribution is -2.45. The number of benzene rings is 1. The van der Waals surface area contributed by atoms with Gasteiger partial charge >= 0.3 is 0 Å². The Morgan fingerprint density at radius 2 is 2.00 bits per heavy atom. The minimum Gasteiger partial charge on any atom is -0.373 e. The van der Waals surface area contributed by atoms with Crippen molar-refractivity contribution in [3.63, 3.8) is 0 Å². The number of nitrogens with two attached hydrogens (primary N) is 1. The molecule has 1 fully saturated rings. The highest BCUT2D eigenvalue weighted by Gasteiger charge is 2.19. The molecule has 0 spiro atoms. The van der Waals surface area contributed by atoms with Crippen LogP contribution in [0.15, 0.2) is 18.2 Å². The molecule has 3 nitrogen and oxygen atoms in total. The molecular weight excluding hydrogens is 200 g/mol. The molecule has 1 saturated heterocycles. The van der Waals surface area contributed by atoms with E-state index in [1.807, 2.05) is 0 Å². The molecule has 0 radical (unpaired) electrons. The van der Waals surface area contributed by atoms with E-state index in [9.17, 15) is 0 Å². The monoisotopic (exact) mass is 220 g/mol. The number of anilines is 1. The standard InChI is InChI=1S/C13H20N2O/c1-10-5-11(2)7-12(6-10)15-3-4-16-13(8-14)9-15/h5-7,13H,3-4,8-9,14H2,1-2H3. The van der Waals surface area contributed by atoms with Gasteiger partial charge < -0.3 is 15.4 Å². The van der Waals surface area contributed by atoms with Crippen LogP contribution in [0.2, 0.25) is 0 Å².